The monoisotopic (exact) mass is 392 g/mol. The van der Waals surface area contributed by atoms with Crippen LogP contribution in [0.5, 0.6) is 0 Å². The number of rotatable bonds is 3. The molecular formula is C25H20N4O. The molecule has 0 N–H and O–H groups in total. The van der Waals surface area contributed by atoms with Gasteiger partial charge in [-0.3, -0.25) is 9.56 Å². The summed E-state index contributed by atoms with van der Waals surface area (Å²) in [4.78, 5) is 14.0. The Morgan fingerprint density at radius 1 is 1.10 bits per heavy atom. The number of nitrogens with zero attached hydrogens (tertiary/aromatic N) is 4. The minimum atomic E-state index is -0.0774. The Morgan fingerprint density at radius 3 is 2.67 bits per heavy atom. The zero-order chi connectivity index (χ0) is 19.9. The van der Waals surface area contributed by atoms with Gasteiger partial charge in [0.2, 0.25) is 0 Å². The zero-order valence-corrected chi connectivity index (χ0v) is 16.6. The van der Waals surface area contributed by atoms with Crippen LogP contribution in [0, 0.1) is 5.92 Å². The molecule has 146 valence electrons. The van der Waals surface area contributed by atoms with E-state index in [1.807, 2.05) is 6.33 Å². The van der Waals surface area contributed by atoms with Crippen molar-refractivity contribution in [2.45, 2.75) is 31.2 Å². The van der Waals surface area contributed by atoms with Crippen LogP contribution >= 0.6 is 0 Å². The van der Waals surface area contributed by atoms with Crippen LogP contribution in [-0.4, -0.2) is 20.2 Å². The fourth-order valence-corrected chi connectivity index (χ4v) is 5.04. The van der Waals surface area contributed by atoms with E-state index in [4.69, 9.17) is 9.41 Å². The van der Waals surface area contributed by atoms with Crippen LogP contribution in [0.1, 0.15) is 48.2 Å². The van der Waals surface area contributed by atoms with E-state index in [2.05, 4.69) is 70.0 Å². The van der Waals surface area contributed by atoms with E-state index >= 15 is 0 Å². The van der Waals surface area contributed by atoms with Crippen molar-refractivity contribution in [3.8, 4) is 17.1 Å². The Labute approximate surface area is 174 Å². The molecule has 5 heteroatoms. The quantitative estimate of drug-likeness (QED) is 0.487. The molecule has 7 rings (SSSR count). The van der Waals surface area contributed by atoms with Gasteiger partial charge in [0.05, 0.1) is 29.3 Å². The molecule has 0 bridgehead atoms. The predicted octanol–water partition coefficient (Wildman–Crippen LogP) is 5.10. The topological polar surface area (TPSA) is 56.2 Å². The molecule has 4 aromatic rings. The summed E-state index contributed by atoms with van der Waals surface area (Å²) < 4.78 is 7.75. The Morgan fingerprint density at radius 2 is 1.93 bits per heavy atom. The SMILES string of the molecule is C[C@@H]1N=C(c2ccccc2)c2cc(C34CC3C4)ccc2-n2cnc(-c3cnco3)c21. The third kappa shape index (κ3) is 2.15. The minimum absolute atomic E-state index is 0.0774. The first-order chi connectivity index (χ1) is 14.7. The molecule has 0 radical (unpaired) electrons. The summed E-state index contributed by atoms with van der Waals surface area (Å²) >= 11 is 0. The second-order valence-corrected chi connectivity index (χ2v) is 8.73. The Bertz CT molecular complexity index is 1310. The third-order valence-electron chi connectivity index (χ3n) is 7.00. The number of hydrogen-bond donors (Lipinski definition) is 0. The number of aromatic nitrogens is 3. The molecule has 2 fully saturated rings. The van der Waals surface area contributed by atoms with Crippen molar-refractivity contribution in [3.63, 3.8) is 0 Å². The van der Waals surface area contributed by atoms with E-state index in [1.165, 1.54) is 30.4 Å². The van der Waals surface area contributed by atoms with Crippen LogP contribution in [0.15, 0.2) is 76.9 Å². The van der Waals surface area contributed by atoms with Crippen molar-refractivity contribution in [2.75, 3.05) is 0 Å². The van der Waals surface area contributed by atoms with Gasteiger partial charge in [-0.1, -0.05) is 36.4 Å². The molecule has 2 saturated carbocycles. The molecule has 3 aliphatic rings. The van der Waals surface area contributed by atoms with E-state index in [-0.39, 0.29) is 6.04 Å². The normalized spacial score (nSPS) is 25.6. The summed E-state index contributed by atoms with van der Waals surface area (Å²) in [5, 5.41) is 0. The summed E-state index contributed by atoms with van der Waals surface area (Å²) in [5.41, 5.74) is 8.23. The highest BCUT2D eigenvalue weighted by Gasteiger charge is 2.70. The summed E-state index contributed by atoms with van der Waals surface area (Å²) in [6.07, 6.45) is 7.73. The second-order valence-electron chi connectivity index (χ2n) is 8.73. The molecule has 2 aromatic heterocycles. The van der Waals surface area contributed by atoms with Gasteiger partial charge >= 0.3 is 0 Å². The molecule has 30 heavy (non-hydrogen) atoms. The zero-order valence-electron chi connectivity index (χ0n) is 16.6. The van der Waals surface area contributed by atoms with Crippen LogP contribution in [-0.2, 0) is 5.41 Å². The molecule has 2 aliphatic carbocycles. The van der Waals surface area contributed by atoms with E-state index in [9.17, 15) is 0 Å². The summed E-state index contributed by atoms with van der Waals surface area (Å²) in [6, 6.07) is 17.4. The van der Waals surface area contributed by atoms with Crippen molar-refractivity contribution in [2.24, 2.45) is 10.9 Å². The van der Waals surface area contributed by atoms with Gasteiger partial charge in [0.15, 0.2) is 12.2 Å². The first kappa shape index (κ1) is 16.3. The lowest BCUT2D eigenvalue weighted by Crippen LogP contribution is -2.09. The summed E-state index contributed by atoms with van der Waals surface area (Å²) in [6.45, 7) is 2.12. The lowest BCUT2D eigenvalue weighted by atomic mass is 9.94. The maximum Gasteiger partial charge on any atom is 0.181 e. The number of aliphatic imine (C=N–C) groups is 1. The predicted molar refractivity (Wildman–Crippen MR) is 114 cm³/mol. The van der Waals surface area contributed by atoms with Gasteiger partial charge in [-0.25, -0.2) is 9.97 Å². The molecule has 0 spiro atoms. The van der Waals surface area contributed by atoms with Crippen molar-refractivity contribution in [1.82, 2.24) is 14.5 Å². The molecule has 1 atom stereocenters. The van der Waals surface area contributed by atoms with Gasteiger partial charge in [-0.2, -0.15) is 0 Å². The molecule has 1 aliphatic heterocycles. The third-order valence-corrected chi connectivity index (χ3v) is 7.00. The lowest BCUT2D eigenvalue weighted by molar-refractivity contribution is 0.568. The Kier molecular flexibility index (Phi) is 3.03. The molecule has 2 aromatic carbocycles. The van der Waals surface area contributed by atoms with E-state index < -0.39 is 0 Å². The second kappa shape index (κ2) is 5.57. The van der Waals surface area contributed by atoms with Gasteiger partial charge in [-0.15, -0.1) is 0 Å². The standard InChI is InChI=1S/C25H20N4O/c1-15-24-23(21-12-26-14-30-21)27-13-29(24)20-8-7-17(25-10-18(25)11-25)9-19(20)22(28-15)16-5-3-2-4-6-16/h2-9,12-15,18H,10-11H2,1H3/t15-,18?,25?/m0/s1. The Balaban J connectivity index is 1.49. The number of oxazole rings is 1. The fraction of sp³-hybridized carbons (Fsp3) is 0.240. The van der Waals surface area contributed by atoms with Crippen LogP contribution in [0.2, 0.25) is 0 Å². The van der Waals surface area contributed by atoms with E-state index in [1.54, 1.807) is 6.20 Å². The van der Waals surface area contributed by atoms with Crippen molar-refractivity contribution in [3.05, 3.63) is 89.8 Å². The van der Waals surface area contributed by atoms with Crippen LogP contribution in [0.3, 0.4) is 0 Å². The highest BCUT2D eigenvalue weighted by Crippen LogP contribution is 2.75. The molecular weight excluding hydrogens is 372 g/mol. The number of hydrogen-bond acceptors (Lipinski definition) is 4. The lowest BCUT2D eigenvalue weighted by Gasteiger charge is -2.15. The van der Waals surface area contributed by atoms with Gasteiger partial charge in [-0.05, 0) is 48.8 Å². The smallest absolute Gasteiger partial charge is 0.181 e. The van der Waals surface area contributed by atoms with Gasteiger partial charge < -0.3 is 4.42 Å². The average Bonchev–Trinajstić information content (AvgIpc) is 3.48. The van der Waals surface area contributed by atoms with Crippen molar-refractivity contribution in [1.29, 1.82) is 0 Å². The molecule has 0 saturated heterocycles. The minimum Gasteiger partial charge on any atom is -0.442 e. The maximum absolute atomic E-state index is 5.57. The van der Waals surface area contributed by atoms with Gasteiger partial charge in [0, 0.05) is 11.1 Å². The first-order valence-electron chi connectivity index (χ1n) is 10.5. The highest BCUT2D eigenvalue weighted by molar-refractivity contribution is 6.15. The fourth-order valence-electron chi connectivity index (χ4n) is 5.04. The highest BCUT2D eigenvalue weighted by atomic mass is 16.3. The molecule has 3 heterocycles. The number of benzene rings is 2. The largest absolute Gasteiger partial charge is 0.442 e. The molecule has 5 nitrogen and oxygen atoms in total. The van der Waals surface area contributed by atoms with Crippen LogP contribution in [0.25, 0.3) is 17.1 Å². The molecule has 0 amide bonds. The van der Waals surface area contributed by atoms with Gasteiger partial charge in [0.25, 0.3) is 0 Å². The van der Waals surface area contributed by atoms with Crippen LogP contribution in [0.4, 0.5) is 0 Å². The summed E-state index contributed by atoms with van der Waals surface area (Å²) in [5.74, 6) is 1.57. The van der Waals surface area contributed by atoms with Crippen LogP contribution < -0.4 is 0 Å². The number of fused-ring (bicyclic) bond motifs is 4. The van der Waals surface area contributed by atoms with E-state index in [0.717, 1.165) is 34.3 Å². The van der Waals surface area contributed by atoms with Gasteiger partial charge in [0.1, 0.15) is 12.0 Å². The average molecular weight is 392 g/mol. The Hall–Kier alpha value is -3.47. The maximum atomic E-state index is 5.57. The first-order valence-corrected chi connectivity index (χ1v) is 10.5. The molecule has 0 unspecified atom stereocenters. The van der Waals surface area contributed by atoms with E-state index in [0.29, 0.717) is 11.2 Å². The van der Waals surface area contributed by atoms with Crippen molar-refractivity contribution >= 4 is 5.71 Å². The summed E-state index contributed by atoms with van der Waals surface area (Å²) in [7, 11) is 0. The van der Waals surface area contributed by atoms with Crippen molar-refractivity contribution < 1.29 is 4.42 Å². The number of imidazole rings is 1.